The lowest BCUT2D eigenvalue weighted by Gasteiger charge is -2.18. The van der Waals surface area contributed by atoms with Gasteiger partial charge in [0.25, 0.3) is 5.56 Å². The van der Waals surface area contributed by atoms with E-state index in [9.17, 15) is 23.1 Å². The van der Waals surface area contributed by atoms with E-state index in [2.05, 4.69) is 9.97 Å². The molecule has 3 rings (SSSR count). The number of nitrogens with zero attached hydrogens (tertiary/aromatic N) is 3. The van der Waals surface area contributed by atoms with Gasteiger partial charge >= 0.3 is 0 Å². The van der Waals surface area contributed by atoms with Crippen LogP contribution in [0.1, 0.15) is 12.1 Å². The fourth-order valence-corrected chi connectivity index (χ4v) is 4.43. The summed E-state index contributed by atoms with van der Waals surface area (Å²) in [6.07, 6.45) is -0.651. The van der Waals surface area contributed by atoms with Crippen molar-refractivity contribution in [3.8, 4) is 0 Å². The number of aryl methyl sites for hydroxylation is 1. The number of carbonyl (C=O) groups is 1. The van der Waals surface area contributed by atoms with Crippen LogP contribution in [0.25, 0.3) is 11.0 Å². The summed E-state index contributed by atoms with van der Waals surface area (Å²) in [5.74, 6) is -0.978. The number of hydrogen-bond acceptors (Lipinski definition) is 6. The number of para-hydroxylation sites is 2. The van der Waals surface area contributed by atoms with Crippen LogP contribution in [-0.4, -0.2) is 77.6 Å². The van der Waals surface area contributed by atoms with E-state index >= 15 is 0 Å². The zero-order valence-corrected chi connectivity index (χ0v) is 16.6. The van der Waals surface area contributed by atoms with Crippen LogP contribution in [0.4, 0.5) is 0 Å². The van der Waals surface area contributed by atoms with E-state index < -0.39 is 22.0 Å². The molecule has 1 aliphatic heterocycles. The Morgan fingerprint density at radius 3 is 2.75 bits per heavy atom. The number of rotatable bonds is 6. The van der Waals surface area contributed by atoms with Crippen molar-refractivity contribution in [2.45, 2.75) is 18.9 Å². The number of hydrogen-bond donors (Lipinski definition) is 2. The number of likely N-dealkylation sites (tertiary alicyclic amines) is 1. The van der Waals surface area contributed by atoms with Gasteiger partial charge in [0.05, 0.1) is 22.9 Å². The SMILES string of the molecule is CN(C)S(=O)(=O)C[C@@H]1CN(C(=O)CCc2nc3ccccc3[nH]c2=O)C[C@H]1O. The summed E-state index contributed by atoms with van der Waals surface area (Å²) in [6.45, 7) is 0.266. The first kappa shape index (κ1) is 20.4. The fourth-order valence-electron chi connectivity index (χ4n) is 3.26. The summed E-state index contributed by atoms with van der Waals surface area (Å²) in [5.41, 5.74) is 1.23. The van der Waals surface area contributed by atoms with Gasteiger partial charge in [-0.15, -0.1) is 0 Å². The molecule has 10 heteroatoms. The monoisotopic (exact) mass is 408 g/mol. The Morgan fingerprint density at radius 2 is 2.04 bits per heavy atom. The molecule has 0 spiro atoms. The minimum atomic E-state index is -3.47. The van der Waals surface area contributed by atoms with Gasteiger partial charge in [0, 0.05) is 45.9 Å². The van der Waals surface area contributed by atoms with Crippen molar-refractivity contribution >= 4 is 27.0 Å². The molecule has 1 aromatic heterocycles. The molecule has 9 nitrogen and oxygen atoms in total. The third-order valence-corrected chi connectivity index (χ3v) is 6.95. The van der Waals surface area contributed by atoms with E-state index in [-0.39, 0.29) is 48.8 Å². The first-order valence-corrected chi connectivity index (χ1v) is 10.6. The number of sulfonamides is 1. The van der Waals surface area contributed by atoms with Gasteiger partial charge < -0.3 is 15.0 Å². The smallest absolute Gasteiger partial charge is 0.270 e. The molecule has 1 aliphatic rings. The number of aliphatic hydroxyl groups excluding tert-OH is 1. The van der Waals surface area contributed by atoms with E-state index in [1.807, 2.05) is 6.07 Å². The van der Waals surface area contributed by atoms with Gasteiger partial charge in [-0.05, 0) is 12.1 Å². The second kappa shape index (κ2) is 7.98. The molecule has 2 aromatic rings. The number of aromatic nitrogens is 2. The van der Waals surface area contributed by atoms with E-state index in [1.54, 1.807) is 18.2 Å². The van der Waals surface area contributed by atoms with Crippen molar-refractivity contribution in [1.82, 2.24) is 19.2 Å². The van der Waals surface area contributed by atoms with Crippen LogP contribution >= 0.6 is 0 Å². The summed E-state index contributed by atoms with van der Waals surface area (Å²) in [4.78, 5) is 33.2. The average Bonchev–Trinajstić information content (AvgIpc) is 2.99. The molecule has 1 amide bonds. The third kappa shape index (κ3) is 4.40. The molecular weight excluding hydrogens is 384 g/mol. The summed E-state index contributed by atoms with van der Waals surface area (Å²) >= 11 is 0. The molecule has 0 radical (unpaired) electrons. The Kier molecular flexibility index (Phi) is 5.82. The van der Waals surface area contributed by atoms with Crippen molar-refractivity contribution in [1.29, 1.82) is 0 Å². The number of amides is 1. The first-order chi connectivity index (χ1) is 13.2. The van der Waals surface area contributed by atoms with Gasteiger partial charge in [0.15, 0.2) is 0 Å². The third-order valence-electron chi connectivity index (χ3n) is 4.99. The van der Waals surface area contributed by atoms with Crippen molar-refractivity contribution < 1.29 is 18.3 Å². The maximum atomic E-state index is 12.5. The van der Waals surface area contributed by atoms with Gasteiger partial charge in [-0.25, -0.2) is 17.7 Å². The quantitative estimate of drug-likeness (QED) is 0.668. The number of nitrogens with one attached hydrogen (secondary N) is 1. The largest absolute Gasteiger partial charge is 0.391 e. The van der Waals surface area contributed by atoms with Crippen molar-refractivity contribution in [3.63, 3.8) is 0 Å². The Morgan fingerprint density at radius 1 is 1.32 bits per heavy atom. The second-order valence-electron chi connectivity index (χ2n) is 7.22. The lowest BCUT2D eigenvalue weighted by Crippen LogP contribution is -2.33. The highest BCUT2D eigenvalue weighted by atomic mass is 32.2. The summed E-state index contributed by atoms with van der Waals surface area (Å²) in [7, 11) is -0.589. The van der Waals surface area contributed by atoms with Crippen molar-refractivity contribution in [2.75, 3.05) is 32.9 Å². The Balaban J connectivity index is 1.63. The molecule has 152 valence electrons. The van der Waals surface area contributed by atoms with Crippen molar-refractivity contribution in [2.24, 2.45) is 5.92 Å². The van der Waals surface area contributed by atoms with Gasteiger partial charge in [-0.1, -0.05) is 12.1 Å². The number of aromatic amines is 1. The molecule has 0 saturated carbocycles. The maximum Gasteiger partial charge on any atom is 0.270 e. The number of aliphatic hydroxyl groups is 1. The number of fused-ring (bicyclic) bond motifs is 1. The second-order valence-corrected chi connectivity index (χ2v) is 9.44. The molecule has 0 bridgehead atoms. The molecule has 2 N–H and O–H groups in total. The average molecular weight is 408 g/mol. The zero-order chi connectivity index (χ0) is 20.5. The van der Waals surface area contributed by atoms with Gasteiger partial charge in [-0.2, -0.15) is 0 Å². The topological polar surface area (TPSA) is 124 Å². The Hall–Kier alpha value is -2.30. The molecule has 1 saturated heterocycles. The fraction of sp³-hybridized carbons (Fsp3) is 0.500. The zero-order valence-electron chi connectivity index (χ0n) is 15.8. The standard InChI is InChI=1S/C18H24N4O5S/c1-21(2)28(26,27)11-12-9-22(10-16(12)23)17(24)8-7-15-18(25)20-14-6-4-3-5-13(14)19-15/h3-6,12,16,23H,7-11H2,1-2H3,(H,20,25)/t12-,16+/m0/s1. The van der Waals surface area contributed by atoms with Gasteiger partial charge in [-0.3, -0.25) is 9.59 Å². The molecule has 2 atom stereocenters. The number of carbonyl (C=O) groups excluding carboxylic acids is 1. The Labute approximate surface area is 163 Å². The lowest BCUT2D eigenvalue weighted by atomic mass is 10.1. The van der Waals surface area contributed by atoms with Crippen LogP contribution in [0.5, 0.6) is 0 Å². The molecule has 2 heterocycles. The molecule has 1 aromatic carbocycles. The normalized spacial score (nSPS) is 20.2. The summed E-state index contributed by atoms with van der Waals surface area (Å²) < 4.78 is 25.2. The maximum absolute atomic E-state index is 12.5. The van der Waals surface area contributed by atoms with Crippen LogP contribution in [0.2, 0.25) is 0 Å². The van der Waals surface area contributed by atoms with Crippen LogP contribution in [0.3, 0.4) is 0 Å². The molecule has 0 aliphatic carbocycles. The van der Waals surface area contributed by atoms with E-state index in [0.29, 0.717) is 11.0 Å². The molecular formula is C18H24N4O5S. The number of β-amino-alcohol motifs (C(OH)–C–C–N with tert-alkyl or cyclic N) is 1. The van der Waals surface area contributed by atoms with Crippen LogP contribution < -0.4 is 5.56 Å². The van der Waals surface area contributed by atoms with Crippen molar-refractivity contribution in [3.05, 3.63) is 40.3 Å². The summed E-state index contributed by atoms with van der Waals surface area (Å²) in [5, 5.41) is 10.2. The predicted octanol–water partition coefficient (Wildman–Crippen LogP) is -0.434. The first-order valence-electron chi connectivity index (χ1n) is 9.01. The summed E-state index contributed by atoms with van der Waals surface area (Å²) in [6, 6.07) is 7.15. The molecule has 28 heavy (non-hydrogen) atoms. The van der Waals surface area contributed by atoms with Crippen LogP contribution in [0.15, 0.2) is 29.1 Å². The van der Waals surface area contributed by atoms with E-state index in [0.717, 1.165) is 4.31 Å². The molecule has 0 unspecified atom stereocenters. The molecule has 1 fully saturated rings. The minimum absolute atomic E-state index is 0.0638. The highest BCUT2D eigenvalue weighted by Gasteiger charge is 2.37. The number of benzene rings is 1. The van der Waals surface area contributed by atoms with Crippen LogP contribution in [-0.2, 0) is 21.2 Å². The van der Waals surface area contributed by atoms with Crippen LogP contribution in [0, 0.1) is 5.92 Å². The lowest BCUT2D eigenvalue weighted by molar-refractivity contribution is -0.130. The number of H-pyrrole nitrogens is 1. The minimum Gasteiger partial charge on any atom is -0.391 e. The highest BCUT2D eigenvalue weighted by molar-refractivity contribution is 7.89. The van der Waals surface area contributed by atoms with E-state index in [1.165, 1.54) is 19.0 Å². The highest BCUT2D eigenvalue weighted by Crippen LogP contribution is 2.21. The van der Waals surface area contributed by atoms with Gasteiger partial charge in [0.1, 0.15) is 5.69 Å². The van der Waals surface area contributed by atoms with Gasteiger partial charge in [0.2, 0.25) is 15.9 Å². The Bertz CT molecular complexity index is 1030. The van der Waals surface area contributed by atoms with E-state index in [4.69, 9.17) is 0 Å². The predicted molar refractivity (Wildman–Crippen MR) is 104 cm³/mol.